The molecular weight excluding hydrogens is 378 g/mol. The summed E-state index contributed by atoms with van der Waals surface area (Å²) in [5, 5.41) is 0. The third-order valence-corrected chi connectivity index (χ3v) is 6.21. The van der Waals surface area contributed by atoms with E-state index in [0.717, 1.165) is 32.1 Å². The topological polar surface area (TPSA) is 78.6 Å². The van der Waals surface area contributed by atoms with Gasteiger partial charge in [-0.1, -0.05) is 97.3 Å². The summed E-state index contributed by atoms with van der Waals surface area (Å²) >= 11 is 0. The molecule has 3 atom stereocenters. The fraction of sp³-hybridized carbons (Fsp3) is 0.920. The first kappa shape index (κ1) is 26.9. The smallest absolute Gasteiger partial charge is 0.313 e. The van der Waals surface area contributed by atoms with Crippen molar-refractivity contribution in [3.63, 3.8) is 0 Å². The van der Waals surface area contributed by atoms with Crippen LogP contribution in [0.3, 0.4) is 0 Å². The van der Waals surface area contributed by atoms with E-state index in [0.29, 0.717) is 6.61 Å². The van der Waals surface area contributed by atoms with Crippen LogP contribution < -0.4 is 5.73 Å². The molecule has 1 heterocycles. The van der Waals surface area contributed by atoms with Gasteiger partial charge in [-0.25, -0.2) is 0 Å². The molecule has 1 fully saturated rings. The van der Waals surface area contributed by atoms with Crippen molar-refractivity contribution in [2.24, 2.45) is 11.7 Å². The van der Waals surface area contributed by atoms with Gasteiger partial charge >= 0.3 is 5.97 Å². The van der Waals surface area contributed by atoms with Crippen LogP contribution in [0.15, 0.2) is 0 Å². The normalized spacial score (nSPS) is 19.3. The van der Waals surface area contributed by atoms with Gasteiger partial charge < -0.3 is 15.2 Å². The second-order valence-corrected chi connectivity index (χ2v) is 8.99. The zero-order chi connectivity index (χ0) is 22.0. The van der Waals surface area contributed by atoms with E-state index in [2.05, 4.69) is 13.8 Å². The predicted molar refractivity (Wildman–Crippen MR) is 122 cm³/mol. The van der Waals surface area contributed by atoms with Gasteiger partial charge in [-0.05, 0) is 12.8 Å². The Hall–Kier alpha value is -1.10. The number of primary amides is 1. The van der Waals surface area contributed by atoms with Gasteiger partial charge in [0.1, 0.15) is 6.10 Å². The van der Waals surface area contributed by atoms with E-state index in [1.807, 2.05) is 0 Å². The number of carbonyl (C=O) groups is 2. The van der Waals surface area contributed by atoms with Crippen LogP contribution >= 0.6 is 0 Å². The highest BCUT2D eigenvalue weighted by Gasteiger charge is 2.42. The number of cyclic esters (lactones) is 1. The molecule has 0 radical (unpaired) electrons. The molecule has 1 amide bonds. The Balaban J connectivity index is 2.29. The number of esters is 1. The SMILES string of the molecule is CCCCCCCCCCC[C@@H](C[C@@H]1OC(=O)[C@H]1CCCCCC)OCCC(N)=O. The molecule has 0 aromatic heterocycles. The number of hydrogen-bond donors (Lipinski definition) is 1. The lowest BCUT2D eigenvalue weighted by Crippen LogP contribution is -2.47. The Morgan fingerprint density at radius 1 is 0.933 bits per heavy atom. The van der Waals surface area contributed by atoms with Crippen LogP contribution in [0.5, 0.6) is 0 Å². The van der Waals surface area contributed by atoms with Gasteiger partial charge in [0.2, 0.25) is 5.91 Å². The second-order valence-electron chi connectivity index (χ2n) is 8.99. The van der Waals surface area contributed by atoms with Crippen molar-refractivity contribution >= 4 is 11.9 Å². The number of carbonyl (C=O) groups excluding carboxylic acids is 2. The van der Waals surface area contributed by atoms with Crippen LogP contribution in [0.2, 0.25) is 0 Å². The van der Waals surface area contributed by atoms with E-state index in [-0.39, 0.29) is 36.4 Å². The van der Waals surface area contributed by atoms with E-state index in [4.69, 9.17) is 15.2 Å². The lowest BCUT2D eigenvalue weighted by molar-refractivity contribution is -0.189. The molecule has 5 nitrogen and oxygen atoms in total. The molecule has 2 N–H and O–H groups in total. The van der Waals surface area contributed by atoms with Gasteiger partial charge in [0.05, 0.1) is 18.6 Å². The molecule has 176 valence electrons. The summed E-state index contributed by atoms with van der Waals surface area (Å²) < 4.78 is 11.4. The Morgan fingerprint density at radius 3 is 2.07 bits per heavy atom. The molecule has 0 bridgehead atoms. The number of rotatable bonds is 21. The van der Waals surface area contributed by atoms with E-state index in [1.54, 1.807) is 0 Å². The third kappa shape index (κ3) is 12.6. The lowest BCUT2D eigenvalue weighted by atomic mass is 9.86. The summed E-state index contributed by atoms with van der Waals surface area (Å²) in [6.45, 7) is 4.81. The first-order chi connectivity index (χ1) is 14.6. The minimum atomic E-state index is -0.333. The van der Waals surface area contributed by atoms with Gasteiger partial charge in [-0.2, -0.15) is 0 Å². The summed E-state index contributed by atoms with van der Waals surface area (Å²) in [6.07, 6.45) is 19.3. The van der Waals surface area contributed by atoms with Crippen LogP contribution in [0.1, 0.15) is 123 Å². The molecular formula is C25H47NO4. The van der Waals surface area contributed by atoms with E-state index in [9.17, 15) is 9.59 Å². The van der Waals surface area contributed by atoms with Gasteiger partial charge in [0.25, 0.3) is 0 Å². The van der Waals surface area contributed by atoms with Crippen molar-refractivity contribution < 1.29 is 19.1 Å². The fourth-order valence-electron chi connectivity index (χ4n) is 4.24. The van der Waals surface area contributed by atoms with E-state index < -0.39 is 0 Å². The first-order valence-electron chi connectivity index (χ1n) is 12.7. The quantitative estimate of drug-likeness (QED) is 0.179. The standard InChI is InChI=1S/C25H47NO4/c1-3-5-7-9-10-11-12-13-14-16-21(29-19-18-24(26)27)20-23-22(25(28)30-23)17-15-8-6-4-2/h21-23H,3-20H2,1-2H3,(H2,26,27)/t21-,22-,23-/m0/s1. The molecule has 1 aliphatic heterocycles. The molecule has 0 aliphatic carbocycles. The van der Waals surface area contributed by atoms with Crippen LogP contribution in [0, 0.1) is 5.92 Å². The van der Waals surface area contributed by atoms with Crippen molar-refractivity contribution in [2.75, 3.05) is 6.61 Å². The number of unbranched alkanes of at least 4 members (excludes halogenated alkanes) is 11. The van der Waals surface area contributed by atoms with Crippen LogP contribution in [-0.4, -0.2) is 30.7 Å². The average molecular weight is 426 g/mol. The van der Waals surface area contributed by atoms with Crippen molar-refractivity contribution in [1.82, 2.24) is 0 Å². The zero-order valence-electron chi connectivity index (χ0n) is 19.7. The minimum absolute atomic E-state index is 0.0173. The Morgan fingerprint density at radius 2 is 1.50 bits per heavy atom. The fourth-order valence-corrected chi connectivity index (χ4v) is 4.24. The maximum atomic E-state index is 11.9. The Labute approximate surface area is 184 Å². The maximum absolute atomic E-state index is 11.9. The van der Waals surface area contributed by atoms with Crippen molar-refractivity contribution in [3.05, 3.63) is 0 Å². The van der Waals surface area contributed by atoms with Gasteiger partial charge in [-0.3, -0.25) is 9.59 Å². The highest BCUT2D eigenvalue weighted by Crippen LogP contribution is 2.32. The molecule has 1 aliphatic rings. The Kier molecular flexibility index (Phi) is 15.8. The average Bonchev–Trinajstić information content (AvgIpc) is 2.71. The summed E-state index contributed by atoms with van der Waals surface area (Å²) in [7, 11) is 0. The monoisotopic (exact) mass is 425 g/mol. The molecule has 0 saturated carbocycles. The minimum Gasteiger partial charge on any atom is -0.461 e. The maximum Gasteiger partial charge on any atom is 0.313 e. The van der Waals surface area contributed by atoms with Crippen LogP contribution in [-0.2, 0) is 19.1 Å². The van der Waals surface area contributed by atoms with Gasteiger partial charge in [-0.15, -0.1) is 0 Å². The largest absolute Gasteiger partial charge is 0.461 e. The summed E-state index contributed by atoms with van der Waals surface area (Å²) in [4.78, 5) is 22.9. The first-order valence-corrected chi connectivity index (χ1v) is 12.7. The molecule has 1 rings (SSSR count). The molecule has 0 unspecified atom stereocenters. The molecule has 5 heteroatoms. The van der Waals surface area contributed by atoms with E-state index >= 15 is 0 Å². The van der Waals surface area contributed by atoms with Crippen molar-refractivity contribution in [2.45, 2.75) is 135 Å². The summed E-state index contributed by atoms with van der Waals surface area (Å²) in [6, 6.07) is 0. The number of hydrogen-bond acceptors (Lipinski definition) is 4. The lowest BCUT2D eigenvalue weighted by Gasteiger charge is -2.37. The Bertz CT molecular complexity index is 454. The number of nitrogens with two attached hydrogens (primary N) is 1. The van der Waals surface area contributed by atoms with Crippen LogP contribution in [0.25, 0.3) is 0 Å². The molecule has 30 heavy (non-hydrogen) atoms. The highest BCUT2D eigenvalue weighted by atomic mass is 16.6. The molecule has 0 aromatic carbocycles. The zero-order valence-corrected chi connectivity index (χ0v) is 19.7. The molecule has 0 spiro atoms. The number of amides is 1. The van der Waals surface area contributed by atoms with E-state index in [1.165, 1.54) is 70.6 Å². The van der Waals surface area contributed by atoms with Crippen molar-refractivity contribution in [3.8, 4) is 0 Å². The highest BCUT2D eigenvalue weighted by molar-refractivity contribution is 5.78. The molecule has 1 saturated heterocycles. The van der Waals surface area contributed by atoms with Crippen LogP contribution in [0.4, 0.5) is 0 Å². The predicted octanol–water partition coefficient (Wildman–Crippen LogP) is 6.07. The van der Waals surface area contributed by atoms with Crippen molar-refractivity contribution in [1.29, 1.82) is 0 Å². The molecule has 0 aromatic rings. The van der Waals surface area contributed by atoms with Gasteiger partial charge in [0, 0.05) is 12.8 Å². The number of ether oxygens (including phenoxy) is 2. The second kappa shape index (κ2) is 17.6. The summed E-state index contributed by atoms with van der Waals surface area (Å²) in [5.74, 6) is -0.344. The third-order valence-electron chi connectivity index (χ3n) is 6.21. The van der Waals surface area contributed by atoms with Gasteiger partial charge in [0.15, 0.2) is 0 Å². The summed E-state index contributed by atoms with van der Waals surface area (Å²) in [5.41, 5.74) is 5.25.